The molecule has 3 N–H and O–H groups in total. The van der Waals surface area contributed by atoms with Crippen molar-refractivity contribution in [1.82, 2.24) is 10.6 Å². The number of alkyl halides is 3. The molecule has 194 valence electrons. The smallest absolute Gasteiger partial charge is 0.373 e. The van der Waals surface area contributed by atoms with E-state index >= 15 is 0 Å². The zero-order chi connectivity index (χ0) is 24.6. The molecular formula is C28H40F3N3O. The average molecular weight is 492 g/mol. The van der Waals surface area contributed by atoms with E-state index in [9.17, 15) is 18.0 Å². The van der Waals surface area contributed by atoms with Gasteiger partial charge >= 0.3 is 6.18 Å². The number of piperidine rings is 1. The van der Waals surface area contributed by atoms with Gasteiger partial charge in [-0.05, 0) is 74.5 Å². The fraction of sp³-hybridized carbons (Fsp3) is 0.750. The molecule has 1 saturated heterocycles. The average Bonchev–Trinajstić information content (AvgIpc) is 3.54. The Morgan fingerprint density at radius 2 is 1.74 bits per heavy atom. The van der Waals surface area contributed by atoms with Gasteiger partial charge < -0.3 is 16.0 Å². The summed E-state index contributed by atoms with van der Waals surface area (Å²) in [4.78, 5) is 13.6. The Morgan fingerprint density at radius 1 is 1.03 bits per heavy atom. The molecule has 35 heavy (non-hydrogen) atoms. The molecule has 4 aliphatic rings. The maximum Gasteiger partial charge on any atom is 0.418 e. The molecule has 0 bridgehead atoms. The van der Waals surface area contributed by atoms with Crippen LogP contribution in [0.1, 0.15) is 88.7 Å². The lowest BCUT2D eigenvalue weighted by Gasteiger charge is -2.54. The number of para-hydroxylation sites is 1. The van der Waals surface area contributed by atoms with Gasteiger partial charge in [-0.25, -0.2) is 0 Å². The molecule has 0 radical (unpaired) electrons. The summed E-state index contributed by atoms with van der Waals surface area (Å²) in [6, 6.07) is 3.60. The second-order valence-corrected chi connectivity index (χ2v) is 11.5. The summed E-state index contributed by atoms with van der Waals surface area (Å²) in [7, 11) is 0. The molecule has 4 atom stereocenters. The number of hydrogen-bond donors (Lipinski definition) is 3. The summed E-state index contributed by atoms with van der Waals surface area (Å²) in [5, 5.41) is 10.4. The SMILES string of the molecule is CC1CCCNC1(C1CCCCCCC1)C(NC(=O)C1Cc2cccc(C(F)(F)F)c2N1)C1CC1. The third kappa shape index (κ3) is 4.94. The van der Waals surface area contributed by atoms with E-state index in [4.69, 9.17) is 0 Å². The molecule has 2 saturated carbocycles. The summed E-state index contributed by atoms with van der Waals surface area (Å²) >= 11 is 0. The van der Waals surface area contributed by atoms with Crippen LogP contribution >= 0.6 is 0 Å². The van der Waals surface area contributed by atoms with E-state index in [0.29, 0.717) is 29.7 Å². The molecule has 2 heterocycles. The summed E-state index contributed by atoms with van der Waals surface area (Å²) in [6.45, 7) is 3.33. The number of carbonyl (C=O) groups excluding carboxylic acids is 1. The van der Waals surface area contributed by atoms with Gasteiger partial charge in [-0.1, -0.05) is 51.2 Å². The molecule has 2 aliphatic carbocycles. The first-order valence-corrected chi connectivity index (χ1v) is 13.8. The highest BCUT2D eigenvalue weighted by molar-refractivity contribution is 5.88. The fourth-order valence-corrected chi connectivity index (χ4v) is 7.37. The normalized spacial score (nSPS) is 31.1. The zero-order valence-corrected chi connectivity index (χ0v) is 20.9. The van der Waals surface area contributed by atoms with Gasteiger partial charge in [0.15, 0.2) is 0 Å². The van der Waals surface area contributed by atoms with E-state index in [2.05, 4.69) is 22.9 Å². The quantitative estimate of drug-likeness (QED) is 0.470. The highest BCUT2D eigenvalue weighted by atomic mass is 19.4. The molecule has 5 rings (SSSR count). The van der Waals surface area contributed by atoms with Crippen LogP contribution in [0.2, 0.25) is 0 Å². The number of benzene rings is 1. The summed E-state index contributed by atoms with van der Waals surface area (Å²) < 4.78 is 40.7. The Balaban J connectivity index is 1.39. The van der Waals surface area contributed by atoms with Gasteiger partial charge in [0.1, 0.15) is 6.04 Å². The van der Waals surface area contributed by atoms with Crippen LogP contribution in [0.25, 0.3) is 0 Å². The van der Waals surface area contributed by atoms with E-state index in [1.54, 1.807) is 6.07 Å². The molecule has 1 aromatic carbocycles. The van der Waals surface area contributed by atoms with Crippen LogP contribution in [0, 0.1) is 17.8 Å². The minimum Gasteiger partial charge on any atom is -0.373 e. The van der Waals surface area contributed by atoms with Crippen LogP contribution in [0.5, 0.6) is 0 Å². The predicted octanol–water partition coefficient (Wildman–Crippen LogP) is 6.06. The van der Waals surface area contributed by atoms with Crippen molar-refractivity contribution < 1.29 is 18.0 Å². The van der Waals surface area contributed by atoms with Crippen molar-refractivity contribution in [2.75, 3.05) is 11.9 Å². The van der Waals surface area contributed by atoms with Crippen LogP contribution in [-0.4, -0.2) is 30.1 Å². The first-order chi connectivity index (χ1) is 16.8. The van der Waals surface area contributed by atoms with Crippen molar-refractivity contribution in [3.05, 3.63) is 29.3 Å². The Hall–Kier alpha value is -1.76. The largest absolute Gasteiger partial charge is 0.418 e. The molecule has 4 nitrogen and oxygen atoms in total. The first kappa shape index (κ1) is 24.9. The first-order valence-electron chi connectivity index (χ1n) is 13.8. The monoisotopic (exact) mass is 491 g/mol. The Labute approximate surface area is 207 Å². The van der Waals surface area contributed by atoms with Gasteiger partial charge in [0.25, 0.3) is 0 Å². The predicted molar refractivity (Wildman–Crippen MR) is 132 cm³/mol. The Morgan fingerprint density at radius 3 is 2.40 bits per heavy atom. The second-order valence-electron chi connectivity index (χ2n) is 11.5. The van der Waals surface area contributed by atoms with Gasteiger partial charge in [0, 0.05) is 12.0 Å². The van der Waals surface area contributed by atoms with Gasteiger partial charge in [0.2, 0.25) is 5.91 Å². The fourth-order valence-electron chi connectivity index (χ4n) is 7.37. The number of anilines is 1. The van der Waals surface area contributed by atoms with Crippen molar-refractivity contribution >= 4 is 11.6 Å². The molecule has 2 aliphatic heterocycles. The van der Waals surface area contributed by atoms with Crippen LogP contribution in [-0.2, 0) is 17.4 Å². The summed E-state index contributed by atoms with van der Waals surface area (Å²) in [5.74, 6) is 1.27. The van der Waals surface area contributed by atoms with Crippen LogP contribution < -0.4 is 16.0 Å². The topological polar surface area (TPSA) is 53.2 Å². The molecule has 0 aromatic heterocycles. The lowest BCUT2D eigenvalue weighted by molar-refractivity contribution is -0.137. The van der Waals surface area contributed by atoms with Crippen molar-refractivity contribution in [3.63, 3.8) is 0 Å². The molecular weight excluding hydrogens is 451 g/mol. The number of fused-ring (bicyclic) bond motifs is 1. The molecule has 7 heteroatoms. The van der Waals surface area contributed by atoms with Crippen LogP contribution in [0.15, 0.2) is 18.2 Å². The van der Waals surface area contributed by atoms with Gasteiger partial charge in [-0.3, -0.25) is 4.79 Å². The number of hydrogen-bond acceptors (Lipinski definition) is 3. The molecule has 1 amide bonds. The summed E-state index contributed by atoms with van der Waals surface area (Å²) in [6.07, 6.45) is 9.15. The van der Waals surface area contributed by atoms with E-state index in [1.165, 1.54) is 51.0 Å². The van der Waals surface area contributed by atoms with Crippen LogP contribution in [0.3, 0.4) is 0 Å². The van der Waals surface area contributed by atoms with Crippen molar-refractivity contribution in [2.45, 2.75) is 108 Å². The van der Waals surface area contributed by atoms with Gasteiger partial charge in [0.05, 0.1) is 17.3 Å². The zero-order valence-electron chi connectivity index (χ0n) is 20.9. The number of rotatable bonds is 5. The molecule has 4 unspecified atom stereocenters. The Bertz CT molecular complexity index is 907. The van der Waals surface area contributed by atoms with E-state index in [0.717, 1.165) is 38.3 Å². The minimum atomic E-state index is -4.44. The molecule has 3 fully saturated rings. The number of carbonyl (C=O) groups is 1. The highest BCUT2D eigenvalue weighted by Gasteiger charge is 2.55. The second kappa shape index (κ2) is 9.95. The molecule has 1 aromatic rings. The molecule has 0 spiro atoms. The standard InChI is InChI=1S/C28H40F3N3O/c1-18-9-8-16-32-27(18,21-11-5-3-2-4-6-12-21)25(19-14-15-19)34-26(35)23-17-20-10-7-13-22(24(20)33-23)28(29,30)31/h7,10,13,18-19,21,23,25,32-33H,2-6,8-9,11-12,14-17H2,1H3,(H,34,35). The third-order valence-electron chi connectivity index (χ3n) is 9.26. The minimum absolute atomic E-state index is 0.0299. The third-order valence-corrected chi connectivity index (χ3v) is 9.26. The maximum absolute atomic E-state index is 13.6. The van der Waals surface area contributed by atoms with Gasteiger partial charge in [-0.2, -0.15) is 13.2 Å². The number of halogens is 3. The van der Waals surface area contributed by atoms with E-state index in [1.807, 2.05) is 0 Å². The Kier molecular flexibility index (Phi) is 7.08. The summed E-state index contributed by atoms with van der Waals surface area (Å²) in [5.41, 5.74) is -0.170. The van der Waals surface area contributed by atoms with Gasteiger partial charge in [-0.15, -0.1) is 0 Å². The van der Waals surface area contributed by atoms with Crippen LogP contribution in [0.4, 0.5) is 18.9 Å². The highest BCUT2D eigenvalue weighted by Crippen LogP contribution is 2.48. The lowest BCUT2D eigenvalue weighted by Crippen LogP contribution is -2.71. The maximum atomic E-state index is 13.6. The van der Waals surface area contributed by atoms with E-state index in [-0.39, 0.29) is 23.2 Å². The van der Waals surface area contributed by atoms with Crippen molar-refractivity contribution in [1.29, 1.82) is 0 Å². The number of amides is 1. The van der Waals surface area contributed by atoms with Crippen molar-refractivity contribution in [3.8, 4) is 0 Å². The van der Waals surface area contributed by atoms with E-state index < -0.39 is 17.8 Å². The number of nitrogens with one attached hydrogen (secondary N) is 3. The lowest BCUT2D eigenvalue weighted by atomic mass is 9.62. The van der Waals surface area contributed by atoms with Crippen molar-refractivity contribution in [2.24, 2.45) is 17.8 Å².